The summed E-state index contributed by atoms with van der Waals surface area (Å²) in [4.78, 5) is 13.1. The summed E-state index contributed by atoms with van der Waals surface area (Å²) in [6.07, 6.45) is 3.66. The van der Waals surface area contributed by atoms with Gasteiger partial charge in [0.1, 0.15) is 0 Å². The third kappa shape index (κ3) is 7.67. The smallest absolute Gasteiger partial charge is 0.250 e. The van der Waals surface area contributed by atoms with E-state index in [-0.39, 0.29) is 11.7 Å². The number of hydrogen-bond donors (Lipinski definition) is 1. The number of carbonyl (C=O) groups is 1. The van der Waals surface area contributed by atoms with Crippen LogP contribution >= 0.6 is 58.2 Å². The van der Waals surface area contributed by atoms with Gasteiger partial charge in [-0.05, 0) is 41.6 Å². The molecular weight excluding hydrogens is 464 g/mol. The van der Waals surface area contributed by atoms with Crippen LogP contribution in [-0.2, 0) is 10.5 Å². The molecule has 29 heavy (non-hydrogen) atoms. The fourth-order valence-corrected chi connectivity index (χ4v) is 5.37. The minimum Gasteiger partial charge on any atom is -0.272 e. The predicted octanol–water partition coefficient (Wildman–Crippen LogP) is 5.45. The number of nitrogens with zero attached hydrogens (tertiary/aromatic N) is 3. The van der Waals surface area contributed by atoms with Crippen molar-refractivity contribution in [1.82, 2.24) is 15.6 Å². The van der Waals surface area contributed by atoms with E-state index in [4.69, 9.17) is 11.6 Å². The Balaban J connectivity index is 1.39. The van der Waals surface area contributed by atoms with E-state index >= 15 is 0 Å². The summed E-state index contributed by atoms with van der Waals surface area (Å²) in [5.41, 5.74) is 4.64. The lowest BCUT2D eigenvalue weighted by Gasteiger charge is -1.99. The van der Waals surface area contributed by atoms with Gasteiger partial charge in [-0.25, -0.2) is 5.43 Å². The summed E-state index contributed by atoms with van der Waals surface area (Å²) in [5, 5.41) is 13.0. The summed E-state index contributed by atoms with van der Waals surface area (Å²) in [5.74, 6) is 0.848. The van der Waals surface area contributed by atoms with Gasteiger partial charge in [-0.1, -0.05) is 70.7 Å². The van der Waals surface area contributed by atoms with E-state index in [1.807, 2.05) is 54.8 Å². The summed E-state index contributed by atoms with van der Waals surface area (Å²) in [6.45, 7) is 0. The first-order valence-corrected chi connectivity index (χ1v) is 12.8. The van der Waals surface area contributed by atoms with Crippen LogP contribution in [0.25, 0.3) is 0 Å². The standard InChI is InChI=1S/C19H17ClN4OS4/c1-26-16-8-4-13(5-9-16)10-21-22-17(25)12-28-19-24-23-18(29-19)27-11-14-2-6-15(20)7-3-14/h2-10H,11-12H2,1H3,(H,22,25)/b21-10+. The van der Waals surface area contributed by atoms with E-state index in [1.54, 1.807) is 29.7 Å². The molecular formula is C19H17ClN4OS4. The first-order chi connectivity index (χ1) is 14.1. The number of amides is 1. The van der Waals surface area contributed by atoms with Gasteiger partial charge >= 0.3 is 0 Å². The first-order valence-electron chi connectivity index (χ1n) is 8.42. The second-order valence-corrected chi connectivity index (χ2v) is 10.3. The fraction of sp³-hybridized carbons (Fsp3) is 0.158. The Morgan fingerprint density at radius 1 is 1.10 bits per heavy atom. The summed E-state index contributed by atoms with van der Waals surface area (Å²) < 4.78 is 1.63. The molecule has 0 atom stereocenters. The molecule has 0 aliphatic carbocycles. The number of rotatable bonds is 9. The average Bonchev–Trinajstić information content (AvgIpc) is 3.20. The molecule has 5 nitrogen and oxygen atoms in total. The molecule has 1 heterocycles. The minimum absolute atomic E-state index is 0.183. The molecule has 1 N–H and O–H groups in total. The maximum Gasteiger partial charge on any atom is 0.250 e. The van der Waals surface area contributed by atoms with Crippen molar-refractivity contribution < 1.29 is 4.79 Å². The molecule has 0 radical (unpaired) electrons. The number of halogens is 1. The Morgan fingerprint density at radius 3 is 2.48 bits per heavy atom. The second-order valence-electron chi connectivity index (χ2n) is 5.60. The largest absolute Gasteiger partial charge is 0.272 e. The zero-order valence-corrected chi connectivity index (χ0v) is 19.4. The van der Waals surface area contributed by atoms with Gasteiger partial charge in [0.25, 0.3) is 5.91 Å². The maximum atomic E-state index is 11.9. The molecule has 0 aliphatic rings. The van der Waals surface area contributed by atoms with Crippen LogP contribution in [0, 0.1) is 0 Å². The minimum atomic E-state index is -0.183. The quantitative estimate of drug-likeness (QED) is 0.249. The Morgan fingerprint density at radius 2 is 1.79 bits per heavy atom. The summed E-state index contributed by atoms with van der Waals surface area (Å²) >= 11 is 12.0. The molecule has 150 valence electrons. The monoisotopic (exact) mass is 480 g/mol. The van der Waals surface area contributed by atoms with E-state index in [9.17, 15) is 4.79 Å². The molecule has 1 amide bonds. The van der Waals surface area contributed by atoms with E-state index < -0.39 is 0 Å². The van der Waals surface area contributed by atoms with Crippen LogP contribution in [0.1, 0.15) is 11.1 Å². The Labute approximate surface area is 191 Å². The molecule has 0 aliphatic heterocycles. The van der Waals surface area contributed by atoms with E-state index in [1.165, 1.54) is 33.6 Å². The van der Waals surface area contributed by atoms with Crippen molar-refractivity contribution in [1.29, 1.82) is 0 Å². The van der Waals surface area contributed by atoms with Gasteiger partial charge in [-0.15, -0.1) is 22.0 Å². The highest BCUT2D eigenvalue weighted by Crippen LogP contribution is 2.30. The lowest BCUT2D eigenvalue weighted by atomic mass is 10.2. The molecule has 3 aromatic rings. The van der Waals surface area contributed by atoms with Gasteiger partial charge < -0.3 is 0 Å². The first kappa shape index (κ1) is 22.2. The molecule has 0 bridgehead atoms. The highest BCUT2D eigenvalue weighted by molar-refractivity contribution is 8.03. The van der Waals surface area contributed by atoms with Gasteiger partial charge in [0.05, 0.1) is 12.0 Å². The van der Waals surface area contributed by atoms with Crippen LogP contribution in [-0.4, -0.2) is 34.3 Å². The van der Waals surface area contributed by atoms with Gasteiger partial charge in [0.15, 0.2) is 8.68 Å². The fourth-order valence-electron chi connectivity index (χ4n) is 2.07. The van der Waals surface area contributed by atoms with Crippen LogP contribution in [0.4, 0.5) is 0 Å². The number of thioether (sulfide) groups is 3. The molecule has 10 heteroatoms. The number of aromatic nitrogens is 2. The zero-order chi connectivity index (χ0) is 20.5. The van der Waals surface area contributed by atoms with Crippen LogP contribution in [0.3, 0.4) is 0 Å². The Hall–Kier alpha value is -1.52. The zero-order valence-electron chi connectivity index (χ0n) is 15.4. The van der Waals surface area contributed by atoms with Gasteiger partial charge in [0.2, 0.25) is 0 Å². The van der Waals surface area contributed by atoms with Gasteiger partial charge in [0, 0.05) is 15.7 Å². The number of benzene rings is 2. The van der Waals surface area contributed by atoms with Crippen molar-refractivity contribution in [3.63, 3.8) is 0 Å². The van der Waals surface area contributed by atoms with Crippen molar-refractivity contribution in [3.05, 3.63) is 64.7 Å². The van der Waals surface area contributed by atoms with Crippen LogP contribution in [0.15, 0.2) is 67.2 Å². The molecule has 0 unspecified atom stereocenters. The van der Waals surface area contributed by atoms with Crippen molar-refractivity contribution in [3.8, 4) is 0 Å². The third-order valence-corrected chi connectivity index (χ3v) is 7.77. The number of hydrazone groups is 1. The average molecular weight is 481 g/mol. The van der Waals surface area contributed by atoms with E-state index in [0.29, 0.717) is 0 Å². The molecule has 0 spiro atoms. The maximum absolute atomic E-state index is 11.9. The number of hydrogen-bond acceptors (Lipinski definition) is 8. The van der Waals surface area contributed by atoms with E-state index in [2.05, 4.69) is 20.7 Å². The van der Waals surface area contributed by atoms with Crippen molar-refractivity contribution in [2.45, 2.75) is 19.3 Å². The van der Waals surface area contributed by atoms with Crippen LogP contribution in [0.5, 0.6) is 0 Å². The third-order valence-electron chi connectivity index (χ3n) is 3.51. The topological polar surface area (TPSA) is 67.2 Å². The van der Waals surface area contributed by atoms with E-state index in [0.717, 1.165) is 25.0 Å². The predicted molar refractivity (Wildman–Crippen MR) is 126 cm³/mol. The number of carbonyl (C=O) groups excluding carboxylic acids is 1. The molecule has 2 aromatic carbocycles. The Kier molecular flexibility index (Phi) is 8.88. The van der Waals surface area contributed by atoms with Crippen molar-refractivity contribution >= 4 is 70.3 Å². The highest BCUT2D eigenvalue weighted by Gasteiger charge is 2.08. The second kappa shape index (κ2) is 11.6. The van der Waals surface area contributed by atoms with Crippen molar-refractivity contribution in [2.24, 2.45) is 5.10 Å². The number of nitrogens with one attached hydrogen (secondary N) is 1. The Bertz CT molecular complexity index is 961. The van der Waals surface area contributed by atoms with Gasteiger partial charge in [-0.2, -0.15) is 5.10 Å². The molecule has 3 rings (SSSR count). The molecule has 0 saturated carbocycles. The molecule has 0 saturated heterocycles. The van der Waals surface area contributed by atoms with Crippen molar-refractivity contribution in [2.75, 3.05) is 12.0 Å². The molecule has 0 fully saturated rings. The molecule has 1 aromatic heterocycles. The normalized spacial score (nSPS) is 11.1. The summed E-state index contributed by atoms with van der Waals surface area (Å²) in [7, 11) is 0. The van der Waals surface area contributed by atoms with Gasteiger partial charge in [-0.3, -0.25) is 4.79 Å². The summed E-state index contributed by atoms with van der Waals surface area (Å²) in [6, 6.07) is 15.7. The lowest BCUT2D eigenvalue weighted by Crippen LogP contribution is -2.19. The van der Waals surface area contributed by atoms with Crippen LogP contribution in [0.2, 0.25) is 5.02 Å². The van der Waals surface area contributed by atoms with Crippen LogP contribution < -0.4 is 5.43 Å². The lowest BCUT2D eigenvalue weighted by molar-refractivity contribution is -0.118. The highest BCUT2D eigenvalue weighted by atomic mass is 35.5. The SMILES string of the molecule is CSc1ccc(/C=N/NC(=O)CSc2nnc(SCc3ccc(Cl)cc3)s2)cc1.